The first kappa shape index (κ1) is 19.5. The summed E-state index contributed by atoms with van der Waals surface area (Å²) in [5.74, 6) is -0.605. The van der Waals surface area contributed by atoms with Crippen LogP contribution in [0.25, 0.3) is 0 Å². The van der Waals surface area contributed by atoms with Gasteiger partial charge in [0, 0.05) is 11.9 Å². The van der Waals surface area contributed by atoms with Crippen LogP contribution in [0.3, 0.4) is 0 Å². The second-order valence-corrected chi connectivity index (χ2v) is 4.37. The molecule has 120 valence electrons. The predicted molar refractivity (Wildman–Crippen MR) is 79.5 cm³/mol. The lowest BCUT2D eigenvalue weighted by molar-refractivity contribution is -0.191. The maximum absolute atomic E-state index is 13.6. The van der Waals surface area contributed by atoms with Gasteiger partial charge >= 0.3 is 12.1 Å². The van der Waals surface area contributed by atoms with E-state index in [0.717, 1.165) is 5.56 Å². The zero-order valence-electron chi connectivity index (χ0n) is 13.2. The Morgan fingerprint density at radius 1 is 1.32 bits per heavy atom. The number of aryl methyl sites for hydroxylation is 1. The van der Waals surface area contributed by atoms with Gasteiger partial charge in [0.05, 0.1) is 12.2 Å². The largest absolute Gasteiger partial charge is 0.463 e. The van der Waals surface area contributed by atoms with Crippen LogP contribution >= 0.6 is 0 Å². The summed E-state index contributed by atoms with van der Waals surface area (Å²) in [4.78, 5) is 27.8. The molecule has 0 bridgehead atoms. The maximum atomic E-state index is 13.6. The van der Waals surface area contributed by atoms with E-state index in [1.807, 2.05) is 19.9 Å². The van der Waals surface area contributed by atoms with Crippen LogP contribution in [-0.4, -0.2) is 18.7 Å². The van der Waals surface area contributed by atoms with Crippen molar-refractivity contribution in [2.75, 3.05) is 11.9 Å². The van der Waals surface area contributed by atoms with Crippen LogP contribution in [0.15, 0.2) is 23.9 Å². The van der Waals surface area contributed by atoms with E-state index in [1.54, 1.807) is 20.0 Å². The number of halogens is 1. The molecule has 0 saturated heterocycles. The highest BCUT2D eigenvalue weighted by Crippen LogP contribution is 2.19. The summed E-state index contributed by atoms with van der Waals surface area (Å²) in [5.41, 5.74) is 2.65. The highest BCUT2D eigenvalue weighted by molar-refractivity contribution is 5.88. The topological polar surface area (TPSA) is 72.5 Å². The first-order chi connectivity index (χ1) is 10.4. The van der Waals surface area contributed by atoms with E-state index >= 15 is 0 Å². The quantitative estimate of drug-likeness (QED) is 0.668. The molecule has 1 rings (SSSR count). The Hall–Kier alpha value is -2.46. The van der Waals surface area contributed by atoms with Crippen molar-refractivity contribution >= 4 is 17.8 Å². The Labute approximate surface area is 129 Å². The Morgan fingerprint density at radius 3 is 2.36 bits per heavy atom. The Balaban J connectivity index is 0.00000135. The third-order valence-corrected chi connectivity index (χ3v) is 2.94. The zero-order chi connectivity index (χ0) is 17.1. The molecule has 0 spiro atoms. The van der Waals surface area contributed by atoms with Gasteiger partial charge in [-0.15, -0.1) is 0 Å². The third kappa shape index (κ3) is 6.33. The van der Waals surface area contributed by atoms with Gasteiger partial charge < -0.3 is 10.1 Å². The highest BCUT2D eigenvalue weighted by Gasteiger charge is 2.08. The van der Waals surface area contributed by atoms with Crippen LogP contribution in [0.2, 0.25) is 0 Å². The average Bonchev–Trinajstić information content (AvgIpc) is 2.46. The number of ether oxygens (including phenoxy) is 1. The number of anilines is 1. The normalized spacial score (nSPS) is 10.1. The molecule has 6 heteroatoms. The molecule has 1 N–H and O–H groups in total. The van der Waals surface area contributed by atoms with Gasteiger partial charge in [0.1, 0.15) is 5.82 Å². The van der Waals surface area contributed by atoms with Gasteiger partial charge in [-0.2, -0.15) is 9.59 Å². The molecular weight excluding hydrogens is 289 g/mol. The van der Waals surface area contributed by atoms with Crippen molar-refractivity contribution in [3.8, 4) is 0 Å². The van der Waals surface area contributed by atoms with E-state index in [-0.39, 0.29) is 17.9 Å². The molecule has 0 fully saturated rings. The van der Waals surface area contributed by atoms with Crippen molar-refractivity contribution in [3.63, 3.8) is 0 Å². The maximum Gasteiger partial charge on any atom is 0.373 e. The van der Waals surface area contributed by atoms with Crippen molar-refractivity contribution in [3.05, 3.63) is 40.8 Å². The zero-order valence-corrected chi connectivity index (χ0v) is 13.2. The van der Waals surface area contributed by atoms with Crippen molar-refractivity contribution in [1.82, 2.24) is 0 Å². The molecule has 0 unspecified atom stereocenters. The molecule has 0 amide bonds. The summed E-state index contributed by atoms with van der Waals surface area (Å²) >= 11 is 0. The Bertz CT molecular complexity index is 553. The van der Waals surface area contributed by atoms with E-state index in [9.17, 15) is 9.18 Å². The molecule has 0 aliphatic carbocycles. The van der Waals surface area contributed by atoms with E-state index in [4.69, 9.17) is 14.3 Å². The lowest BCUT2D eigenvalue weighted by Gasteiger charge is -2.09. The molecular formula is C16H20FNO4. The standard InChI is InChI=1S/C15H20FNO2.CO2/c1-5-12(15(18)19-6-2)9-17-13-7-10(3)11(4)14(16)8-13;2-1-3/h7-9,17H,5-6H2,1-4H3;/b12-9+;. The van der Waals surface area contributed by atoms with Crippen LogP contribution in [0.4, 0.5) is 10.1 Å². The van der Waals surface area contributed by atoms with Crippen molar-refractivity contribution in [1.29, 1.82) is 0 Å². The van der Waals surface area contributed by atoms with Crippen LogP contribution in [0.5, 0.6) is 0 Å². The third-order valence-electron chi connectivity index (χ3n) is 2.94. The second kappa shape index (κ2) is 10.3. The van der Waals surface area contributed by atoms with Crippen molar-refractivity contribution < 1.29 is 23.5 Å². The lowest BCUT2D eigenvalue weighted by atomic mass is 10.1. The fourth-order valence-electron chi connectivity index (χ4n) is 1.60. The van der Waals surface area contributed by atoms with E-state index in [0.29, 0.717) is 29.9 Å². The van der Waals surface area contributed by atoms with Gasteiger partial charge in [0.15, 0.2) is 0 Å². The molecule has 0 heterocycles. The molecule has 1 aromatic carbocycles. The Morgan fingerprint density at radius 2 is 1.91 bits per heavy atom. The first-order valence-electron chi connectivity index (χ1n) is 6.79. The molecule has 5 nitrogen and oxygen atoms in total. The number of carbonyl (C=O) groups is 1. The number of esters is 1. The van der Waals surface area contributed by atoms with Crippen molar-refractivity contribution in [2.24, 2.45) is 0 Å². The van der Waals surface area contributed by atoms with Gasteiger partial charge in [-0.1, -0.05) is 6.92 Å². The summed E-state index contributed by atoms with van der Waals surface area (Å²) in [6.45, 7) is 7.55. The van der Waals surface area contributed by atoms with Gasteiger partial charge in [-0.25, -0.2) is 9.18 Å². The molecule has 0 aromatic heterocycles. The molecule has 1 aromatic rings. The summed E-state index contributed by atoms with van der Waals surface area (Å²) in [5, 5.41) is 2.94. The number of benzene rings is 1. The number of hydrogen-bond donors (Lipinski definition) is 1. The van der Waals surface area contributed by atoms with Gasteiger partial charge in [-0.3, -0.25) is 0 Å². The average molecular weight is 309 g/mol. The highest BCUT2D eigenvalue weighted by atomic mass is 19.1. The Kier molecular flexibility index (Phi) is 9.14. The molecule has 0 aliphatic heterocycles. The fourth-order valence-corrected chi connectivity index (χ4v) is 1.60. The molecule has 0 saturated carbocycles. The summed E-state index contributed by atoms with van der Waals surface area (Å²) < 4.78 is 18.5. The van der Waals surface area contributed by atoms with Crippen LogP contribution < -0.4 is 5.32 Å². The fraction of sp³-hybridized carbons (Fsp3) is 0.375. The first-order valence-corrected chi connectivity index (χ1v) is 6.79. The number of rotatable bonds is 5. The van der Waals surface area contributed by atoms with Crippen molar-refractivity contribution in [2.45, 2.75) is 34.1 Å². The van der Waals surface area contributed by atoms with E-state index < -0.39 is 0 Å². The lowest BCUT2D eigenvalue weighted by Crippen LogP contribution is -2.08. The van der Waals surface area contributed by atoms with Gasteiger partial charge in [-0.05, 0) is 50.5 Å². The van der Waals surface area contributed by atoms with E-state index in [2.05, 4.69) is 5.32 Å². The second-order valence-electron chi connectivity index (χ2n) is 4.37. The van der Waals surface area contributed by atoms with Crippen LogP contribution in [-0.2, 0) is 19.1 Å². The number of hydrogen-bond acceptors (Lipinski definition) is 5. The summed E-state index contributed by atoms with van der Waals surface area (Å²) in [6.07, 6.45) is 2.38. The van der Waals surface area contributed by atoms with Gasteiger partial charge in [0.2, 0.25) is 0 Å². The minimum atomic E-state index is -0.346. The molecule has 0 radical (unpaired) electrons. The molecule has 22 heavy (non-hydrogen) atoms. The smallest absolute Gasteiger partial charge is 0.373 e. The number of nitrogens with one attached hydrogen (secondary N) is 1. The van der Waals surface area contributed by atoms with Crippen LogP contribution in [0, 0.1) is 19.7 Å². The van der Waals surface area contributed by atoms with E-state index in [1.165, 1.54) is 6.07 Å². The molecule has 0 atom stereocenters. The SMILES string of the molecule is CCOC(=O)/C(=C/Nc1cc(C)c(C)c(F)c1)CC.O=C=O. The minimum Gasteiger partial charge on any atom is -0.463 e. The number of carbonyl (C=O) groups excluding carboxylic acids is 3. The molecule has 0 aliphatic rings. The van der Waals surface area contributed by atoms with Crippen LogP contribution in [0.1, 0.15) is 31.4 Å². The monoisotopic (exact) mass is 309 g/mol. The minimum absolute atomic E-state index is 0.250. The summed E-state index contributed by atoms with van der Waals surface area (Å²) in [7, 11) is 0. The van der Waals surface area contributed by atoms with Gasteiger partial charge in [0.25, 0.3) is 0 Å². The predicted octanol–water partition coefficient (Wildman–Crippen LogP) is 3.13. The summed E-state index contributed by atoms with van der Waals surface area (Å²) in [6, 6.07) is 3.25.